The van der Waals surface area contributed by atoms with Gasteiger partial charge in [-0.15, -0.1) is 10.2 Å². The summed E-state index contributed by atoms with van der Waals surface area (Å²) in [6.45, 7) is 1.31. The Balaban J connectivity index is 1.80. The van der Waals surface area contributed by atoms with Crippen LogP contribution in [0.15, 0.2) is 24.5 Å². The molecular formula is C13H14FN5O2. The first kappa shape index (κ1) is 13.5. The van der Waals surface area contributed by atoms with Crippen LogP contribution in [-0.4, -0.2) is 32.8 Å². The largest absolute Gasteiger partial charge is 0.368 e. The summed E-state index contributed by atoms with van der Waals surface area (Å²) in [6.07, 6.45) is 2.49. The first-order valence-corrected chi connectivity index (χ1v) is 6.59. The van der Waals surface area contributed by atoms with Crippen molar-refractivity contribution in [1.82, 2.24) is 14.8 Å². The molecule has 21 heavy (non-hydrogen) atoms. The summed E-state index contributed by atoms with van der Waals surface area (Å²) in [5.41, 5.74) is 0.158. The molecule has 0 radical (unpaired) electrons. The summed E-state index contributed by atoms with van der Waals surface area (Å²) in [5.74, 6) is 0.495. The van der Waals surface area contributed by atoms with Crippen LogP contribution in [0.1, 0.15) is 18.2 Å². The van der Waals surface area contributed by atoms with Gasteiger partial charge in [-0.2, -0.15) is 0 Å². The van der Waals surface area contributed by atoms with Crippen LogP contribution < -0.4 is 4.90 Å². The third kappa shape index (κ3) is 2.44. The number of hydrogen-bond donors (Lipinski definition) is 0. The molecule has 2 aromatic rings. The van der Waals surface area contributed by atoms with Crippen molar-refractivity contribution in [2.75, 3.05) is 18.0 Å². The molecule has 0 bridgehead atoms. The van der Waals surface area contributed by atoms with E-state index in [1.165, 1.54) is 12.1 Å². The summed E-state index contributed by atoms with van der Waals surface area (Å²) in [4.78, 5) is 11.9. The summed E-state index contributed by atoms with van der Waals surface area (Å²) >= 11 is 0. The second kappa shape index (κ2) is 5.12. The minimum atomic E-state index is -0.598. The number of nitrogens with zero attached hydrogens (tertiary/aromatic N) is 5. The smallest absolute Gasteiger partial charge is 0.272 e. The van der Waals surface area contributed by atoms with Crippen LogP contribution in [0.3, 0.4) is 0 Å². The van der Waals surface area contributed by atoms with Gasteiger partial charge in [-0.05, 0) is 12.5 Å². The maximum atomic E-state index is 14.0. The fraction of sp³-hybridized carbons (Fsp3) is 0.385. The Morgan fingerprint density at radius 2 is 2.29 bits per heavy atom. The lowest BCUT2D eigenvalue weighted by Gasteiger charge is -2.19. The lowest BCUT2D eigenvalue weighted by Crippen LogP contribution is -2.21. The fourth-order valence-corrected chi connectivity index (χ4v) is 2.72. The highest BCUT2D eigenvalue weighted by Gasteiger charge is 2.29. The molecule has 1 atom stereocenters. The normalized spacial score (nSPS) is 18.2. The van der Waals surface area contributed by atoms with Gasteiger partial charge in [0, 0.05) is 32.1 Å². The molecule has 0 saturated carbocycles. The van der Waals surface area contributed by atoms with Crippen molar-refractivity contribution in [1.29, 1.82) is 0 Å². The molecule has 2 heterocycles. The van der Waals surface area contributed by atoms with Crippen LogP contribution in [-0.2, 0) is 7.05 Å². The molecule has 1 unspecified atom stereocenters. The second-order valence-corrected chi connectivity index (χ2v) is 5.12. The van der Waals surface area contributed by atoms with E-state index < -0.39 is 10.7 Å². The first-order chi connectivity index (χ1) is 10.1. The lowest BCUT2D eigenvalue weighted by molar-refractivity contribution is -0.385. The number of rotatable bonds is 3. The Labute approximate surface area is 120 Å². The van der Waals surface area contributed by atoms with E-state index in [1.54, 1.807) is 6.33 Å². The fourth-order valence-electron chi connectivity index (χ4n) is 2.72. The van der Waals surface area contributed by atoms with Crippen LogP contribution in [0.5, 0.6) is 0 Å². The highest BCUT2D eigenvalue weighted by atomic mass is 19.1. The molecule has 0 amide bonds. The van der Waals surface area contributed by atoms with E-state index in [2.05, 4.69) is 10.2 Å². The Kier molecular flexibility index (Phi) is 3.28. The van der Waals surface area contributed by atoms with E-state index in [0.717, 1.165) is 18.3 Å². The zero-order valence-corrected chi connectivity index (χ0v) is 11.4. The minimum Gasteiger partial charge on any atom is -0.368 e. The average Bonchev–Trinajstić information content (AvgIpc) is 3.07. The number of nitro groups is 1. The summed E-state index contributed by atoms with van der Waals surface area (Å²) in [6, 6.07) is 3.76. The molecular weight excluding hydrogens is 277 g/mol. The molecule has 1 aromatic carbocycles. The average molecular weight is 291 g/mol. The molecule has 1 aliphatic heterocycles. The standard InChI is InChI=1S/C13H14FN5O2/c1-17-8-15-16-13(17)9-4-5-18(7-9)12-3-2-10(19(20)21)6-11(12)14/h2-3,6,8-9H,4-5,7H2,1H3. The maximum absolute atomic E-state index is 14.0. The van der Waals surface area contributed by atoms with Crippen LogP contribution in [0.2, 0.25) is 0 Å². The predicted molar refractivity (Wildman–Crippen MR) is 73.6 cm³/mol. The summed E-state index contributed by atoms with van der Waals surface area (Å²) in [5, 5.41) is 18.6. The minimum absolute atomic E-state index is 0.187. The van der Waals surface area contributed by atoms with Gasteiger partial charge in [0.15, 0.2) is 5.82 Å². The van der Waals surface area contributed by atoms with Gasteiger partial charge in [0.25, 0.3) is 5.69 Å². The Bertz CT molecular complexity index is 687. The lowest BCUT2D eigenvalue weighted by atomic mass is 10.1. The monoisotopic (exact) mass is 291 g/mol. The zero-order chi connectivity index (χ0) is 15.0. The maximum Gasteiger partial charge on any atom is 0.272 e. The summed E-state index contributed by atoms with van der Waals surface area (Å²) in [7, 11) is 1.88. The van der Waals surface area contributed by atoms with E-state index in [0.29, 0.717) is 18.8 Å². The van der Waals surface area contributed by atoms with Gasteiger partial charge in [0.1, 0.15) is 12.2 Å². The van der Waals surface area contributed by atoms with Crippen molar-refractivity contribution < 1.29 is 9.31 Å². The summed E-state index contributed by atoms with van der Waals surface area (Å²) < 4.78 is 15.9. The molecule has 0 spiro atoms. The van der Waals surface area contributed by atoms with E-state index >= 15 is 0 Å². The molecule has 1 aliphatic rings. The molecule has 1 fully saturated rings. The number of nitro benzene ring substituents is 1. The van der Waals surface area contributed by atoms with Gasteiger partial charge < -0.3 is 9.47 Å². The zero-order valence-electron chi connectivity index (χ0n) is 11.4. The van der Waals surface area contributed by atoms with Crippen molar-refractivity contribution in [2.45, 2.75) is 12.3 Å². The number of aromatic nitrogens is 3. The van der Waals surface area contributed by atoms with Gasteiger partial charge in [0.05, 0.1) is 16.7 Å². The quantitative estimate of drug-likeness (QED) is 0.637. The van der Waals surface area contributed by atoms with Crippen molar-refractivity contribution in [3.8, 4) is 0 Å². The van der Waals surface area contributed by atoms with Gasteiger partial charge in [-0.1, -0.05) is 0 Å². The highest BCUT2D eigenvalue weighted by Crippen LogP contribution is 2.32. The molecule has 8 heteroatoms. The number of non-ortho nitro benzene ring substituents is 1. The Hall–Kier alpha value is -2.51. The van der Waals surface area contributed by atoms with Gasteiger partial charge in [-0.25, -0.2) is 4.39 Å². The Morgan fingerprint density at radius 3 is 2.90 bits per heavy atom. The SMILES string of the molecule is Cn1cnnc1C1CCN(c2ccc([N+](=O)[O-])cc2F)C1. The topological polar surface area (TPSA) is 77.1 Å². The van der Waals surface area contributed by atoms with E-state index in [4.69, 9.17) is 0 Å². The van der Waals surface area contributed by atoms with Gasteiger partial charge in [-0.3, -0.25) is 10.1 Å². The number of halogens is 1. The Morgan fingerprint density at radius 1 is 1.48 bits per heavy atom. The molecule has 1 aromatic heterocycles. The van der Waals surface area contributed by atoms with Crippen molar-refractivity contribution >= 4 is 11.4 Å². The van der Waals surface area contributed by atoms with Crippen molar-refractivity contribution in [2.24, 2.45) is 7.05 Å². The predicted octanol–water partition coefficient (Wildman–Crippen LogP) is 1.86. The molecule has 0 N–H and O–H groups in total. The number of aryl methyl sites for hydroxylation is 1. The van der Waals surface area contributed by atoms with Crippen LogP contribution in [0.4, 0.5) is 15.8 Å². The first-order valence-electron chi connectivity index (χ1n) is 6.59. The van der Waals surface area contributed by atoms with Gasteiger partial charge in [0.2, 0.25) is 0 Å². The van der Waals surface area contributed by atoms with Crippen molar-refractivity contribution in [3.05, 3.63) is 46.3 Å². The van der Waals surface area contributed by atoms with Crippen molar-refractivity contribution in [3.63, 3.8) is 0 Å². The number of hydrogen-bond acceptors (Lipinski definition) is 5. The van der Waals surface area contributed by atoms with E-state index in [9.17, 15) is 14.5 Å². The second-order valence-electron chi connectivity index (χ2n) is 5.12. The molecule has 110 valence electrons. The number of benzene rings is 1. The third-order valence-corrected chi connectivity index (χ3v) is 3.78. The molecule has 1 saturated heterocycles. The molecule has 7 nitrogen and oxygen atoms in total. The molecule has 3 rings (SSSR count). The highest BCUT2D eigenvalue weighted by molar-refractivity contribution is 5.53. The van der Waals surface area contributed by atoms with Crippen LogP contribution in [0, 0.1) is 15.9 Å². The number of anilines is 1. The van der Waals surface area contributed by atoms with Gasteiger partial charge >= 0.3 is 0 Å². The van der Waals surface area contributed by atoms with E-state index in [-0.39, 0.29) is 11.6 Å². The van der Waals surface area contributed by atoms with E-state index in [1.807, 2.05) is 16.5 Å². The van der Waals surface area contributed by atoms with Crippen LogP contribution in [0.25, 0.3) is 0 Å². The molecule has 0 aliphatic carbocycles. The van der Waals surface area contributed by atoms with Crippen LogP contribution >= 0.6 is 0 Å². The third-order valence-electron chi connectivity index (χ3n) is 3.78.